The standard InChI is InChI=1S/C20H22FN3O3/c21-16-7-5-15(6-8-16)19(25)22-9-10-23-20(26)17-3-1-2-4-18(17)24-11-13-27-14-12-24/h1-8H,9-14H2,(H,22,25)(H,23,26). The van der Waals surface area contributed by atoms with Gasteiger partial charge >= 0.3 is 0 Å². The van der Waals surface area contributed by atoms with E-state index in [2.05, 4.69) is 15.5 Å². The van der Waals surface area contributed by atoms with Crippen LogP contribution in [-0.2, 0) is 4.74 Å². The van der Waals surface area contributed by atoms with Crippen LogP contribution in [0.1, 0.15) is 20.7 Å². The van der Waals surface area contributed by atoms with Gasteiger partial charge in [0.25, 0.3) is 11.8 Å². The van der Waals surface area contributed by atoms with Crippen LogP contribution in [0.3, 0.4) is 0 Å². The molecule has 2 aromatic carbocycles. The van der Waals surface area contributed by atoms with Gasteiger partial charge in [-0.1, -0.05) is 12.1 Å². The summed E-state index contributed by atoms with van der Waals surface area (Å²) in [5, 5.41) is 5.52. The monoisotopic (exact) mass is 371 g/mol. The van der Waals surface area contributed by atoms with E-state index in [0.717, 1.165) is 18.8 Å². The number of carbonyl (C=O) groups is 2. The van der Waals surface area contributed by atoms with Crippen molar-refractivity contribution in [3.05, 3.63) is 65.5 Å². The molecule has 0 radical (unpaired) electrons. The van der Waals surface area contributed by atoms with Crippen molar-refractivity contribution in [2.75, 3.05) is 44.3 Å². The second kappa shape index (κ2) is 9.14. The van der Waals surface area contributed by atoms with Crippen LogP contribution in [0.2, 0.25) is 0 Å². The lowest BCUT2D eigenvalue weighted by atomic mass is 10.1. The van der Waals surface area contributed by atoms with Crippen LogP contribution in [0.15, 0.2) is 48.5 Å². The molecular weight excluding hydrogens is 349 g/mol. The summed E-state index contributed by atoms with van der Waals surface area (Å²) in [5.74, 6) is -0.885. The van der Waals surface area contributed by atoms with Crippen molar-refractivity contribution in [2.45, 2.75) is 0 Å². The Morgan fingerprint density at radius 2 is 1.56 bits per heavy atom. The third kappa shape index (κ3) is 5.04. The topological polar surface area (TPSA) is 70.7 Å². The quantitative estimate of drug-likeness (QED) is 0.760. The lowest BCUT2D eigenvalue weighted by molar-refractivity contribution is 0.0927. The molecule has 3 rings (SSSR count). The Morgan fingerprint density at radius 3 is 2.26 bits per heavy atom. The van der Waals surface area contributed by atoms with Crippen LogP contribution < -0.4 is 15.5 Å². The van der Waals surface area contributed by atoms with Crippen LogP contribution in [0.5, 0.6) is 0 Å². The summed E-state index contributed by atoms with van der Waals surface area (Å²) in [6, 6.07) is 12.8. The highest BCUT2D eigenvalue weighted by Crippen LogP contribution is 2.21. The number of nitrogens with zero attached hydrogens (tertiary/aromatic N) is 1. The van der Waals surface area contributed by atoms with Gasteiger partial charge in [-0.25, -0.2) is 4.39 Å². The molecule has 0 unspecified atom stereocenters. The van der Waals surface area contributed by atoms with Crippen molar-refractivity contribution >= 4 is 17.5 Å². The number of anilines is 1. The molecule has 1 aliphatic rings. The van der Waals surface area contributed by atoms with Crippen LogP contribution in [0.4, 0.5) is 10.1 Å². The van der Waals surface area contributed by atoms with E-state index in [4.69, 9.17) is 4.74 Å². The van der Waals surface area contributed by atoms with E-state index in [1.165, 1.54) is 24.3 Å². The zero-order chi connectivity index (χ0) is 19.1. The molecular formula is C20H22FN3O3. The van der Waals surface area contributed by atoms with Crippen LogP contribution in [-0.4, -0.2) is 51.2 Å². The van der Waals surface area contributed by atoms with Gasteiger partial charge in [-0.05, 0) is 36.4 Å². The van der Waals surface area contributed by atoms with Crippen molar-refractivity contribution in [1.29, 1.82) is 0 Å². The van der Waals surface area contributed by atoms with E-state index in [-0.39, 0.29) is 18.4 Å². The molecule has 0 bridgehead atoms. The molecule has 0 aromatic heterocycles. The summed E-state index contributed by atoms with van der Waals surface area (Å²) in [6.45, 7) is 3.36. The van der Waals surface area contributed by atoms with Gasteiger partial charge in [-0.3, -0.25) is 9.59 Å². The van der Waals surface area contributed by atoms with E-state index < -0.39 is 5.82 Å². The molecule has 0 atom stereocenters. The molecule has 1 fully saturated rings. The Bertz CT molecular complexity index is 789. The zero-order valence-corrected chi connectivity index (χ0v) is 14.9. The number of hydrogen-bond donors (Lipinski definition) is 2. The van der Waals surface area contributed by atoms with Crippen LogP contribution in [0, 0.1) is 5.82 Å². The van der Waals surface area contributed by atoms with Crippen molar-refractivity contribution in [1.82, 2.24) is 10.6 Å². The molecule has 27 heavy (non-hydrogen) atoms. The molecule has 0 spiro atoms. The van der Waals surface area contributed by atoms with Gasteiger partial charge in [-0.15, -0.1) is 0 Å². The Labute approximate surface area is 157 Å². The Balaban J connectivity index is 1.51. The maximum Gasteiger partial charge on any atom is 0.253 e. The number of amides is 2. The molecule has 2 aromatic rings. The average Bonchev–Trinajstić information content (AvgIpc) is 2.72. The number of halogens is 1. The van der Waals surface area contributed by atoms with E-state index in [9.17, 15) is 14.0 Å². The maximum atomic E-state index is 12.9. The number of carbonyl (C=O) groups excluding carboxylic acids is 2. The van der Waals surface area contributed by atoms with E-state index >= 15 is 0 Å². The average molecular weight is 371 g/mol. The Hall–Kier alpha value is -2.93. The predicted octanol–water partition coefficient (Wildman–Crippen LogP) is 1.82. The Kier molecular flexibility index (Phi) is 6.38. The summed E-state index contributed by atoms with van der Waals surface area (Å²) in [7, 11) is 0. The fourth-order valence-electron chi connectivity index (χ4n) is 2.90. The predicted molar refractivity (Wildman–Crippen MR) is 101 cm³/mol. The number of nitrogens with one attached hydrogen (secondary N) is 2. The van der Waals surface area contributed by atoms with Crippen LogP contribution in [0.25, 0.3) is 0 Å². The third-order valence-corrected chi connectivity index (χ3v) is 4.30. The van der Waals surface area contributed by atoms with Gasteiger partial charge < -0.3 is 20.3 Å². The normalized spacial score (nSPS) is 13.9. The fraction of sp³-hybridized carbons (Fsp3) is 0.300. The molecule has 6 nitrogen and oxygen atoms in total. The molecule has 1 saturated heterocycles. The lowest BCUT2D eigenvalue weighted by Crippen LogP contribution is -2.39. The van der Waals surface area contributed by atoms with Gasteiger partial charge in [0.2, 0.25) is 0 Å². The van der Waals surface area contributed by atoms with Crippen LogP contribution >= 0.6 is 0 Å². The van der Waals surface area contributed by atoms with Gasteiger partial charge in [0.15, 0.2) is 0 Å². The highest BCUT2D eigenvalue weighted by Gasteiger charge is 2.18. The number of morpholine rings is 1. The first-order valence-electron chi connectivity index (χ1n) is 8.89. The summed E-state index contributed by atoms with van der Waals surface area (Å²) in [4.78, 5) is 26.6. The first-order chi connectivity index (χ1) is 13.1. The summed E-state index contributed by atoms with van der Waals surface area (Å²) < 4.78 is 18.2. The van der Waals surface area contributed by atoms with Crippen molar-refractivity contribution < 1.29 is 18.7 Å². The molecule has 0 aliphatic carbocycles. The number of rotatable bonds is 6. The van der Waals surface area contributed by atoms with Gasteiger partial charge in [0.05, 0.1) is 18.8 Å². The molecule has 142 valence electrons. The minimum absolute atomic E-state index is 0.187. The lowest BCUT2D eigenvalue weighted by Gasteiger charge is -2.30. The number of ether oxygens (including phenoxy) is 1. The minimum Gasteiger partial charge on any atom is -0.378 e. The smallest absolute Gasteiger partial charge is 0.253 e. The van der Waals surface area contributed by atoms with Crippen molar-refractivity contribution in [3.63, 3.8) is 0 Å². The fourth-order valence-corrected chi connectivity index (χ4v) is 2.90. The second-order valence-electron chi connectivity index (χ2n) is 6.14. The van der Waals surface area contributed by atoms with Crippen molar-refractivity contribution in [3.8, 4) is 0 Å². The van der Waals surface area contributed by atoms with Gasteiger partial charge in [0, 0.05) is 37.4 Å². The van der Waals surface area contributed by atoms with Gasteiger partial charge in [-0.2, -0.15) is 0 Å². The molecule has 1 aliphatic heterocycles. The maximum absolute atomic E-state index is 12.9. The molecule has 7 heteroatoms. The Morgan fingerprint density at radius 1 is 0.926 bits per heavy atom. The van der Waals surface area contributed by atoms with E-state index in [1.807, 2.05) is 18.2 Å². The third-order valence-electron chi connectivity index (χ3n) is 4.30. The van der Waals surface area contributed by atoms with E-state index in [0.29, 0.717) is 30.9 Å². The second-order valence-corrected chi connectivity index (χ2v) is 6.14. The molecule has 0 saturated carbocycles. The van der Waals surface area contributed by atoms with Gasteiger partial charge in [0.1, 0.15) is 5.82 Å². The first kappa shape index (κ1) is 18.8. The largest absolute Gasteiger partial charge is 0.378 e. The van der Waals surface area contributed by atoms with E-state index in [1.54, 1.807) is 6.07 Å². The molecule has 2 N–H and O–H groups in total. The molecule has 1 heterocycles. The molecule has 2 amide bonds. The SMILES string of the molecule is O=C(NCCNC(=O)c1ccccc1N1CCOCC1)c1ccc(F)cc1. The summed E-state index contributed by atoms with van der Waals surface area (Å²) >= 11 is 0. The number of benzene rings is 2. The first-order valence-corrected chi connectivity index (χ1v) is 8.89. The number of para-hydroxylation sites is 1. The van der Waals surface area contributed by atoms with Crippen molar-refractivity contribution in [2.24, 2.45) is 0 Å². The summed E-state index contributed by atoms with van der Waals surface area (Å²) in [5.41, 5.74) is 1.86. The zero-order valence-electron chi connectivity index (χ0n) is 14.9. The number of hydrogen-bond acceptors (Lipinski definition) is 4. The summed E-state index contributed by atoms with van der Waals surface area (Å²) in [6.07, 6.45) is 0. The highest BCUT2D eigenvalue weighted by atomic mass is 19.1. The minimum atomic E-state index is -0.391. The highest BCUT2D eigenvalue weighted by molar-refractivity contribution is 6.00.